The van der Waals surface area contributed by atoms with Crippen LogP contribution in [0, 0.1) is 22.6 Å². The van der Waals surface area contributed by atoms with Crippen molar-refractivity contribution in [1.29, 1.82) is 5.26 Å². The number of aromatic carboxylic acids is 1. The number of fused-ring (bicyclic) bond motifs is 1. The average molecular weight is 555 g/mol. The Bertz CT molecular complexity index is 1750. The average Bonchev–Trinajstić information content (AvgIpc) is 3.30. The highest BCUT2D eigenvalue weighted by Gasteiger charge is 2.56. The minimum absolute atomic E-state index is 0.0210. The molecule has 3 atom stereocenters. The standard InChI is InChI=1S/C31H27FN4O5/c32-23-12-18(15-33)4-5-20(23)17-40-27-3-1-2-24(34-27)19-6-9-31(10-7-19)14-22(31)28-35-25-13-26(30(37)38)41-29(25)36(28)16-21-8-11-39-21/h1-6,12-13,21-22H,7-11,14,16-17H2,(H,37,38). The van der Waals surface area contributed by atoms with Gasteiger partial charge in [-0.2, -0.15) is 5.26 Å². The summed E-state index contributed by atoms with van der Waals surface area (Å²) in [5.74, 6) is -0.0503. The molecule has 4 heterocycles. The number of furan rings is 1. The third-order valence-corrected chi connectivity index (χ3v) is 8.60. The number of nitrogens with zero attached hydrogens (tertiary/aromatic N) is 4. The molecule has 2 fully saturated rings. The van der Waals surface area contributed by atoms with Crippen LogP contribution in [0.5, 0.6) is 5.88 Å². The zero-order chi connectivity index (χ0) is 28.1. The molecule has 7 rings (SSSR count). The first-order valence-electron chi connectivity index (χ1n) is 13.7. The molecule has 41 heavy (non-hydrogen) atoms. The number of hydrogen-bond acceptors (Lipinski definition) is 7. The van der Waals surface area contributed by atoms with E-state index in [0.29, 0.717) is 29.2 Å². The largest absolute Gasteiger partial charge is 0.475 e. The highest BCUT2D eigenvalue weighted by atomic mass is 19.1. The Hall–Kier alpha value is -4.49. The molecule has 208 valence electrons. The second-order valence-electron chi connectivity index (χ2n) is 11.1. The molecule has 1 aromatic carbocycles. The van der Waals surface area contributed by atoms with Gasteiger partial charge in [0.25, 0.3) is 0 Å². The van der Waals surface area contributed by atoms with Crippen molar-refractivity contribution in [2.75, 3.05) is 6.61 Å². The summed E-state index contributed by atoms with van der Waals surface area (Å²) in [4.78, 5) is 21.0. The van der Waals surface area contributed by atoms with Gasteiger partial charge in [0.15, 0.2) is 0 Å². The van der Waals surface area contributed by atoms with Crippen molar-refractivity contribution in [2.24, 2.45) is 5.41 Å². The van der Waals surface area contributed by atoms with Gasteiger partial charge < -0.3 is 19.0 Å². The van der Waals surface area contributed by atoms with Crippen LogP contribution in [-0.4, -0.2) is 38.3 Å². The number of allylic oxidation sites excluding steroid dienone is 2. The molecule has 9 nitrogen and oxygen atoms in total. The number of carbonyl (C=O) groups is 1. The minimum atomic E-state index is -1.10. The maximum absolute atomic E-state index is 14.2. The van der Waals surface area contributed by atoms with Gasteiger partial charge in [0.2, 0.25) is 17.4 Å². The van der Waals surface area contributed by atoms with E-state index >= 15 is 0 Å². The van der Waals surface area contributed by atoms with Gasteiger partial charge >= 0.3 is 5.97 Å². The van der Waals surface area contributed by atoms with Crippen LogP contribution in [0.2, 0.25) is 0 Å². The summed E-state index contributed by atoms with van der Waals surface area (Å²) >= 11 is 0. The molecule has 2 aliphatic carbocycles. The van der Waals surface area contributed by atoms with Crippen LogP contribution in [0.4, 0.5) is 4.39 Å². The van der Waals surface area contributed by atoms with E-state index in [1.807, 2.05) is 22.8 Å². The smallest absolute Gasteiger partial charge is 0.371 e. The topological polar surface area (TPSA) is 123 Å². The Balaban J connectivity index is 1.06. The number of imidazole rings is 1. The first-order valence-corrected chi connectivity index (χ1v) is 13.7. The molecule has 3 unspecified atom stereocenters. The summed E-state index contributed by atoms with van der Waals surface area (Å²) < 4.78 is 33.4. The molecule has 0 radical (unpaired) electrons. The van der Waals surface area contributed by atoms with E-state index in [1.165, 1.54) is 12.1 Å². The Morgan fingerprint density at radius 2 is 2.15 bits per heavy atom. The molecular weight excluding hydrogens is 527 g/mol. The second-order valence-corrected chi connectivity index (χ2v) is 11.1. The normalized spacial score (nSPS) is 23.2. The van der Waals surface area contributed by atoms with Crippen molar-refractivity contribution in [1.82, 2.24) is 14.5 Å². The highest BCUT2D eigenvalue weighted by Crippen LogP contribution is 2.66. The van der Waals surface area contributed by atoms with Gasteiger partial charge in [-0.1, -0.05) is 18.2 Å². The molecule has 1 spiro atoms. The monoisotopic (exact) mass is 554 g/mol. The van der Waals surface area contributed by atoms with Crippen LogP contribution in [0.15, 0.2) is 53.0 Å². The number of benzene rings is 1. The number of hydrogen-bond donors (Lipinski definition) is 1. The molecule has 0 amide bonds. The summed E-state index contributed by atoms with van der Waals surface area (Å²) in [6.07, 6.45) is 7.07. The third kappa shape index (κ3) is 4.66. The number of ether oxygens (including phenoxy) is 2. The summed E-state index contributed by atoms with van der Waals surface area (Å²) in [6, 6.07) is 13.4. The highest BCUT2D eigenvalue weighted by molar-refractivity contribution is 5.89. The summed E-state index contributed by atoms with van der Waals surface area (Å²) in [7, 11) is 0. The molecule has 4 aromatic rings. The molecule has 10 heteroatoms. The molecule has 3 aliphatic rings. The number of aromatic nitrogens is 3. The quantitative estimate of drug-likeness (QED) is 0.288. The van der Waals surface area contributed by atoms with Crippen molar-refractivity contribution in [3.8, 4) is 11.9 Å². The number of carboxylic acids is 1. The van der Waals surface area contributed by atoms with E-state index in [0.717, 1.165) is 55.8 Å². The SMILES string of the molecule is N#Cc1ccc(COc2cccc(C3=CCC4(CC3)CC4c3nc4cc(C(=O)O)oc4n3CC3CCO3)n2)c(F)c1. The van der Waals surface area contributed by atoms with Gasteiger partial charge in [-0.25, -0.2) is 19.2 Å². The van der Waals surface area contributed by atoms with Crippen molar-refractivity contribution in [2.45, 2.75) is 57.3 Å². The zero-order valence-corrected chi connectivity index (χ0v) is 22.2. The van der Waals surface area contributed by atoms with Crippen molar-refractivity contribution in [3.05, 3.63) is 82.8 Å². The Morgan fingerprint density at radius 3 is 2.85 bits per heavy atom. The lowest BCUT2D eigenvalue weighted by molar-refractivity contribution is -0.0593. The Morgan fingerprint density at radius 1 is 1.27 bits per heavy atom. The van der Waals surface area contributed by atoms with Crippen LogP contribution < -0.4 is 4.74 Å². The lowest BCUT2D eigenvalue weighted by atomic mass is 9.83. The molecule has 3 aromatic heterocycles. The maximum atomic E-state index is 14.2. The number of pyridine rings is 1. The summed E-state index contributed by atoms with van der Waals surface area (Å²) in [5, 5.41) is 18.3. The number of halogens is 1. The summed E-state index contributed by atoms with van der Waals surface area (Å²) in [5.41, 5.74) is 3.82. The predicted molar refractivity (Wildman–Crippen MR) is 145 cm³/mol. The lowest BCUT2D eigenvalue weighted by Gasteiger charge is -2.28. The molecule has 1 N–H and O–H groups in total. The molecule has 0 bridgehead atoms. The van der Waals surface area contributed by atoms with Gasteiger partial charge in [0.05, 0.1) is 30.0 Å². The Labute approximate surface area is 234 Å². The maximum Gasteiger partial charge on any atom is 0.371 e. The van der Waals surface area contributed by atoms with E-state index in [1.54, 1.807) is 18.2 Å². The number of rotatable bonds is 8. The molecular formula is C31H27FN4O5. The fourth-order valence-electron chi connectivity index (χ4n) is 6.03. The molecule has 1 saturated heterocycles. The van der Waals surface area contributed by atoms with Crippen molar-refractivity contribution >= 4 is 22.8 Å². The lowest BCUT2D eigenvalue weighted by Crippen LogP contribution is -2.31. The van der Waals surface area contributed by atoms with Gasteiger partial charge in [0, 0.05) is 30.2 Å². The zero-order valence-electron chi connectivity index (χ0n) is 22.2. The first-order chi connectivity index (χ1) is 19.9. The second kappa shape index (κ2) is 9.85. The molecule has 1 aliphatic heterocycles. The fraction of sp³-hybridized carbons (Fsp3) is 0.355. The van der Waals surface area contributed by atoms with E-state index in [4.69, 9.17) is 24.1 Å². The number of nitriles is 1. The van der Waals surface area contributed by atoms with Crippen LogP contribution >= 0.6 is 0 Å². The van der Waals surface area contributed by atoms with Crippen LogP contribution in [0.25, 0.3) is 16.8 Å². The molecule has 1 saturated carbocycles. The third-order valence-electron chi connectivity index (χ3n) is 8.60. The first kappa shape index (κ1) is 25.5. The van der Waals surface area contributed by atoms with E-state index < -0.39 is 11.8 Å². The van der Waals surface area contributed by atoms with Gasteiger partial charge in [-0.15, -0.1) is 0 Å². The van der Waals surface area contributed by atoms with Crippen molar-refractivity contribution in [3.63, 3.8) is 0 Å². The van der Waals surface area contributed by atoms with E-state index in [9.17, 15) is 14.3 Å². The van der Waals surface area contributed by atoms with Gasteiger partial charge in [-0.3, -0.25) is 4.57 Å². The number of carboxylic acid groups (broad SMARTS) is 1. The van der Waals surface area contributed by atoms with Crippen LogP contribution in [-0.2, 0) is 17.9 Å². The van der Waals surface area contributed by atoms with Gasteiger partial charge in [-0.05, 0) is 61.3 Å². The predicted octanol–water partition coefficient (Wildman–Crippen LogP) is 5.84. The van der Waals surface area contributed by atoms with E-state index in [-0.39, 0.29) is 35.4 Å². The van der Waals surface area contributed by atoms with Crippen molar-refractivity contribution < 1.29 is 28.2 Å². The van der Waals surface area contributed by atoms with E-state index in [2.05, 4.69) is 11.1 Å². The van der Waals surface area contributed by atoms with Crippen LogP contribution in [0.3, 0.4) is 0 Å². The van der Waals surface area contributed by atoms with Crippen LogP contribution in [0.1, 0.15) is 71.2 Å². The minimum Gasteiger partial charge on any atom is -0.475 e. The Kier molecular flexibility index (Phi) is 6.12. The van der Waals surface area contributed by atoms with Gasteiger partial charge in [0.1, 0.15) is 23.8 Å². The fourth-order valence-corrected chi connectivity index (χ4v) is 6.03. The summed E-state index contributed by atoms with van der Waals surface area (Å²) in [6.45, 7) is 1.37.